The number of rotatable bonds is 5. The van der Waals surface area contributed by atoms with Crippen molar-refractivity contribution in [1.82, 2.24) is 10.2 Å². The molecule has 1 aliphatic heterocycles. The zero-order valence-electron chi connectivity index (χ0n) is 14.9. The van der Waals surface area contributed by atoms with Crippen LogP contribution in [-0.4, -0.2) is 46.9 Å². The van der Waals surface area contributed by atoms with Crippen molar-refractivity contribution in [1.29, 1.82) is 0 Å². The van der Waals surface area contributed by atoms with Crippen LogP contribution in [-0.2, 0) is 14.4 Å². The third-order valence-corrected chi connectivity index (χ3v) is 6.24. The van der Waals surface area contributed by atoms with Crippen LogP contribution < -0.4 is 5.32 Å². The summed E-state index contributed by atoms with van der Waals surface area (Å²) < 4.78 is 0. The van der Waals surface area contributed by atoms with E-state index in [1.54, 1.807) is 4.90 Å². The third-order valence-electron chi connectivity index (χ3n) is 6.24. The molecule has 2 amide bonds. The Morgan fingerprint density at radius 2 is 1.60 bits per heavy atom. The summed E-state index contributed by atoms with van der Waals surface area (Å²) in [6.07, 6.45) is 9.38. The van der Waals surface area contributed by atoms with E-state index in [2.05, 4.69) is 5.32 Å². The van der Waals surface area contributed by atoms with Gasteiger partial charge in [-0.15, -0.1) is 0 Å². The van der Waals surface area contributed by atoms with Crippen LogP contribution in [0.5, 0.6) is 0 Å². The van der Waals surface area contributed by atoms with E-state index >= 15 is 0 Å². The monoisotopic (exact) mass is 350 g/mol. The first-order valence-electron chi connectivity index (χ1n) is 9.84. The van der Waals surface area contributed by atoms with Gasteiger partial charge in [-0.25, -0.2) is 0 Å². The minimum Gasteiger partial charge on any atom is -0.481 e. The van der Waals surface area contributed by atoms with Gasteiger partial charge >= 0.3 is 5.97 Å². The van der Waals surface area contributed by atoms with Gasteiger partial charge in [-0.3, -0.25) is 14.4 Å². The number of likely N-dealkylation sites (tertiary alicyclic amines) is 1. The second-order valence-corrected chi connectivity index (χ2v) is 8.08. The Labute approximate surface area is 149 Å². The molecule has 0 bridgehead atoms. The van der Waals surface area contributed by atoms with Gasteiger partial charge in [0.25, 0.3) is 0 Å². The van der Waals surface area contributed by atoms with Gasteiger partial charge in [0.1, 0.15) is 0 Å². The van der Waals surface area contributed by atoms with Crippen LogP contribution in [0.1, 0.15) is 64.2 Å². The fourth-order valence-corrected chi connectivity index (χ4v) is 4.67. The number of aliphatic carboxylic acids is 1. The maximum atomic E-state index is 12.6. The largest absolute Gasteiger partial charge is 0.481 e. The molecule has 0 radical (unpaired) electrons. The lowest BCUT2D eigenvalue weighted by atomic mass is 9.85. The molecule has 0 spiro atoms. The van der Waals surface area contributed by atoms with Crippen LogP contribution in [0.4, 0.5) is 0 Å². The first kappa shape index (κ1) is 18.2. The molecule has 2 N–H and O–H groups in total. The van der Waals surface area contributed by atoms with Gasteiger partial charge in [-0.2, -0.15) is 0 Å². The molecule has 1 unspecified atom stereocenters. The summed E-state index contributed by atoms with van der Waals surface area (Å²) in [5.74, 6) is -0.366. The predicted molar refractivity (Wildman–Crippen MR) is 92.8 cm³/mol. The third kappa shape index (κ3) is 4.73. The Bertz CT molecular complexity index is 508. The van der Waals surface area contributed by atoms with Crippen molar-refractivity contribution >= 4 is 17.8 Å². The summed E-state index contributed by atoms with van der Waals surface area (Å²) in [5.41, 5.74) is 0. The number of carboxylic acid groups (broad SMARTS) is 1. The van der Waals surface area contributed by atoms with Gasteiger partial charge in [-0.1, -0.05) is 12.8 Å². The smallest absolute Gasteiger partial charge is 0.308 e. The normalized spacial score (nSPS) is 30.4. The van der Waals surface area contributed by atoms with Crippen LogP contribution in [0.2, 0.25) is 0 Å². The van der Waals surface area contributed by atoms with Gasteiger partial charge in [0.05, 0.1) is 5.92 Å². The molecule has 3 aliphatic rings. The molecule has 6 heteroatoms. The summed E-state index contributed by atoms with van der Waals surface area (Å²) in [7, 11) is 0. The highest BCUT2D eigenvalue weighted by molar-refractivity contribution is 5.81. The van der Waals surface area contributed by atoms with Crippen molar-refractivity contribution in [3.05, 3.63) is 0 Å². The highest BCUT2D eigenvalue weighted by atomic mass is 16.4. The van der Waals surface area contributed by atoms with E-state index in [0.29, 0.717) is 31.8 Å². The summed E-state index contributed by atoms with van der Waals surface area (Å²) >= 11 is 0. The lowest BCUT2D eigenvalue weighted by Crippen LogP contribution is -2.42. The average molecular weight is 350 g/mol. The van der Waals surface area contributed by atoms with Gasteiger partial charge in [0.15, 0.2) is 0 Å². The van der Waals surface area contributed by atoms with Crippen LogP contribution in [0.3, 0.4) is 0 Å². The van der Waals surface area contributed by atoms with E-state index in [-0.39, 0.29) is 23.8 Å². The summed E-state index contributed by atoms with van der Waals surface area (Å²) in [4.78, 5) is 37.5. The molecule has 0 aromatic carbocycles. The number of carbonyl (C=O) groups is 3. The SMILES string of the molecule is O=C(CC1CCCC1)NC1CCC(C(=O)N2CCC(C(=O)O)C2)CC1. The van der Waals surface area contributed by atoms with E-state index in [0.717, 1.165) is 25.7 Å². The molecule has 1 heterocycles. The molecule has 3 fully saturated rings. The number of carboxylic acids is 1. The van der Waals surface area contributed by atoms with E-state index in [1.165, 1.54) is 25.7 Å². The highest BCUT2D eigenvalue weighted by Gasteiger charge is 2.35. The van der Waals surface area contributed by atoms with Crippen LogP contribution >= 0.6 is 0 Å². The molecule has 1 atom stereocenters. The van der Waals surface area contributed by atoms with Gasteiger partial charge in [0.2, 0.25) is 11.8 Å². The summed E-state index contributed by atoms with van der Waals surface area (Å²) in [6, 6.07) is 0.197. The topological polar surface area (TPSA) is 86.7 Å². The minimum absolute atomic E-state index is 0.00414. The van der Waals surface area contributed by atoms with Crippen molar-refractivity contribution < 1.29 is 19.5 Å². The second kappa shape index (κ2) is 8.19. The number of nitrogens with zero attached hydrogens (tertiary/aromatic N) is 1. The zero-order valence-corrected chi connectivity index (χ0v) is 14.9. The van der Waals surface area contributed by atoms with E-state index < -0.39 is 11.9 Å². The molecule has 0 aromatic rings. The second-order valence-electron chi connectivity index (χ2n) is 8.08. The first-order chi connectivity index (χ1) is 12.0. The number of hydrogen-bond donors (Lipinski definition) is 2. The molecular formula is C19H30N2O4. The van der Waals surface area contributed by atoms with Crippen LogP contribution in [0.25, 0.3) is 0 Å². The fourth-order valence-electron chi connectivity index (χ4n) is 4.67. The van der Waals surface area contributed by atoms with Crippen molar-refractivity contribution in [3.8, 4) is 0 Å². The maximum Gasteiger partial charge on any atom is 0.308 e. The molecular weight excluding hydrogens is 320 g/mol. The Morgan fingerprint density at radius 3 is 2.20 bits per heavy atom. The van der Waals surface area contributed by atoms with Crippen molar-refractivity contribution in [2.45, 2.75) is 70.3 Å². The lowest BCUT2D eigenvalue weighted by molar-refractivity contribution is -0.141. The van der Waals surface area contributed by atoms with Gasteiger partial charge in [0, 0.05) is 31.5 Å². The number of carbonyl (C=O) groups excluding carboxylic acids is 2. The maximum absolute atomic E-state index is 12.6. The number of amides is 2. The quantitative estimate of drug-likeness (QED) is 0.795. The molecule has 25 heavy (non-hydrogen) atoms. The van der Waals surface area contributed by atoms with Gasteiger partial charge in [-0.05, 0) is 50.9 Å². The Kier molecular flexibility index (Phi) is 5.97. The van der Waals surface area contributed by atoms with Crippen molar-refractivity contribution in [2.24, 2.45) is 17.8 Å². The highest BCUT2D eigenvalue weighted by Crippen LogP contribution is 2.30. The summed E-state index contributed by atoms with van der Waals surface area (Å²) in [5, 5.41) is 12.2. The fraction of sp³-hybridized carbons (Fsp3) is 0.842. The molecule has 1 saturated heterocycles. The molecule has 3 rings (SSSR count). The Morgan fingerprint density at radius 1 is 0.920 bits per heavy atom. The minimum atomic E-state index is -0.802. The number of nitrogens with one attached hydrogen (secondary N) is 1. The van der Waals surface area contributed by atoms with E-state index in [9.17, 15) is 14.4 Å². The molecule has 0 aromatic heterocycles. The van der Waals surface area contributed by atoms with Crippen molar-refractivity contribution in [3.63, 3.8) is 0 Å². The summed E-state index contributed by atoms with van der Waals surface area (Å²) in [6.45, 7) is 0.917. The van der Waals surface area contributed by atoms with Crippen LogP contribution in [0, 0.1) is 17.8 Å². The Balaban J connectivity index is 1.38. The zero-order chi connectivity index (χ0) is 17.8. The molecule has 140 valence electrons. The first-order valence-corrected chi connectivity index (χ1v) is 9.84. The van der Waals surface area contributed by atoms with Crippen molar-refractivity contribution in [2.75, 3.05) is 13.1 Å². The van der Waals surface area contributed by atoms with E-state index in [4.69, 9.17) is 5.11 Å². The number of hydrogen-bond acceptors (Lipinski definition) is 3. The average Bonchev–Trinajstić information content (AvgIpc) is 3.26. The predicted octanol–water partition coefficient (Wildman–Crippen LogP) is 2.17. The molecule has 2 aliphatic carbocycles. The Hall–Kier alpha value is -1.59. The standard InChI is InChI=1S/C19H30N2O4/c22-17(11-13-3-1-2-4-13)20-16-7-5-14(6-8-16)18(23)21-10-9-15(12-21)19(24)25/h13-16H,1-12H2,(H,20,22)(H,24,25). The van der Waals surface area contributed by atoms with Gasteiger partial charge < -0.3 is 15.3 Å². The lowest BCUT2D eigenvalue weighted by Gasteiger charge is -2.31. The molecule has 2 saturated carbocycles. The van der Waals surface area contributed by atoms with E-state index in [1.807, 2.05) is 0 Å². The van der Waals surface area contributed by atoms with Crippen LogP contribution in [0.15, 0.2) is 0 Å². The molecule has 6 nitrogen and oxygen atoms in total.